The third kappa shape index (κ3) is 5.35. The molecule has 0 amide bonds. The van der Waals surface area contributed by atoms with E-state index in [-0.39, 0.29) is 24.0 Å². The van der Waals surface area contributed by atoms with Crippen LogP contribution in [0.25, 0.3) is 5.69 Å². The lowest BCUT2D eigenvalue weighted by atomic mass is 10.2. The van der Waals surface area contributed by atoms with E-state index in [1.807, 2.05) is 48.1 Å². The summed E-state index contributed by atoms with van der Waals surface area (Å²) in [6.07, 6.45) is 6.10. The Hall–Kier alpha value is -2.29. The van der Waals surface area contributed by atoms with Crippen LogP contribution in [-0.2, 0) is 13.1 Å². The van der Waals surface area contributed by atoms with E-state index >= 15 is 0 Å². The number of nitrogens with zero attached hydrogens (tertiary/aromatic N) is 4. The number of aromatic nitrogens is 3. The molecule has 6 nitrogen and oxygen atoms in total. The first-order valence-electron chi connectivity index (χ1n) is 8.42. The first-order valence-corrected chi connectivity index (χ1v) is 8.42. The van der Waals surface area contributed by atoms with Crippen LogP contribution >= 0.6 is 24.0 Å². The van der Waals surface area contributed by atoms with Gasteiger partial charge in [-0.2, -0.15) is 5.10 Å². The molecule has 2 aromatic heterocycles. The normalized spacial score (nSPS) is 11.1. The van der Waals surface area contributed by atoms with E-state index in [1.54, 1.807) is 7.05 Å². The number of benzene rings is 1. The lowest BCUT2D eigenvalue weighted by molar-refractivity contribution is 0.665. The van der Waals surface area contributed by atoms with Gasteiger partial charge in [0.2, 0.25) is 0 Å². The van der Waals surface area contributed by atoms with Gasteiger partial charge in [0.25, 0.3) is 0 Å². The van der Waals surface area contributed by atoms with Gasteiger partial charge in [-0.15, -0.1) is 24.0 Å². The van der Waals surface area contributed by atoms with Gasteiger partial charge in [0.1, 0.15) is 0 Å². The Kier molecular flexibility index (Phi) is 7.71. The second-order valence-corrected chi connectivity index (χ2v) is 5.80. The third-order valence-corrected chi connectivity index (χ3v) is 3.96. The SMILES string of the molecule is CN=C(NCCn1cccc1)NCc1ccccc1-n1ccc(C)n1.I. The lowest BCUT2D eigenvalue weighted by Crippen LogP contribution is -2.38. The molecular formula is C19H25IN6. The predicted molar refractivity (Wildman–Crippen MR) is 116 cm³/mol. The van der Waals surface area contributed by atoms with Crippen LogP contribution in [0.4, 0.5) is 0 Å². The molecule has 138 valence electrons. The first kappa shape index (κ1) is 20.0. The van der Waals surface area contributed by atoms with E-state index in [4.69, 9.17) is 0 Å². The summed E-state index contributed by atoms with van der Waals surface area (Å²) in [4.78, 5) is 4.29. The fourth-order valence-corrected chi connectivity index (χ4v) is 2.66. The largest absolute Gasteiger partial charge is 0.355 e. The van der Waals surface area contributed by atoms with E-state index < -0.39 is 0 Å². The summed E-state index contributed by atoms with van der Waals surface area (Å²) in [7, 11) is 1.79. The zero-order chi connectivity index (χ0) is 17.5. The second kappa shape index (κ2) is 10.0. The monoisotopic (exact) mass is 464 g/mol. The number of halogens is 1. The van der Waals surface area contributed by atoms with Gasteiger partial charge < -0.3 is 15.2 Å². The maximum absolute atomic E-state index is 4.51. The molecule has 7 heteroatoms. The van der Waals surface area contributed by atoms with Crippen molar-refractivity contribution in [2.75, 3.05) is 13.6 Å². The molecule has 2 N–H and O–H groups in total. The number of hydrogen-bond acceptors (Lipinski definition) is 2. The summed E-state index contributed by atoms with van der Waals surface area (Å²) in [5.74, 6) is 0.790. The van der Waals surface area contributed by atoms with Crippen molar-refractivity contribution in [2.45, 2.75) is 20.0 Å². The van der Waals surface area contributed by atoms with Crippen LogP contribution in [0.5, 0.6) is 0 Å². The van der Waals surface area contributed by atoms with Crippen molar-refractivity contribution in [3.63, 3.8) is 0 Å². The van der Waals surface area contributed by atoms with Crippen molar-refractivity contribution >= 4 is 29.9 Å². The minimum atomic E-state index is 0. The molecule has 2 heterocycles. The van der Waals surface area contributed by atoms with Crippen LogP contribution in [0.2, 0.25) is 0 Å². The molecule has 0 spiro atoms. The van der Waals surface area contributed by atoms with Crippen molar-refractivity contribution in [3.8, 4) is 5.69 Å². The molecule has 0 bridgehead atoms. The Morgan fingerprint density at radius 3 is 2.50 bits per heavy atom. The molecule has 0 aliphatic carbocycles. The lowest BCUT2D eigenvalue weighted by Gasteiger charge is -2.14. The van der Waals surface area contributed by atoms with Gasteiger partial charge in [-0.25, -0.2) is 4.68 Å². The molecule has 0 atom stereocenters. The van der Waals surface area contributed by atoms with Gasteiger partial charge in [-0.1, -0.05) is 18.2 Å². The molecule has 0 unspecified atom stereocenters. The van der Waals surface area contributed by atoms with Crippen LogP contribution in [0, 0.1) is 6.92 Å². The number of aliphatic imine (C=N–C) groups is 1. The molecule has 0 fully saturated rings. The fourth-order valence-electron chi connectivity index (χ4n) is 2.66. The highest BCUT2D eigenvalue weighted by Gasteiger charge is 2.06. The fraction of sp³-hybridized carbons (Fsp3) is 0.263. The average molecular weight is 464 g/mol. The number of hydrogen-bond donors (Lipinski definition) is 2. The Balaban J connectivity index is 0.00000243. The highest BCUT2D eigenvalue weighted by atomic mass is 127. The molecule has 0 radical (unpaired) electrons. The summed E-state index contributed by atoms with van der Waals surface area (Å²) >= 11 is 0. The molecule has 26 heavy (non-hydrogen) atoms. The van der Waals surface area contributed by atoms with Crippen LogP contribution in [0.15, 0.2) is 66.0 Å². The topological polar surface area (TPSA) is 59.2 Å². The number of rotatable bonds is 6. The van der Waals surface area contributed by atoms with Gasteiger partial charge in [-0.05, 0) is 36.8 Å². The molecule has 3 aromatic rings. The molecule has 0 aliphatic heterocycles. The summed E-state index contributed by atoms with van der Waals surface area (Å²) < 4.78 is 4.05. The van der Waals surface area contributed by atoms with Crippen molar-refractivity contribution in [1.82, 2.24) is 25.0 Å². The Morgan fingerprint density at radius 1 is 1.04 bits per heavy atom. The third-order valence-electron chi connectivity index (χ3n) is 3.96. The van der Waals surface area contributed by atoms with Gasteiger partial charge in [0.05, 0.1) is 11.4 Å². The van der Waals surface area contributed by atoms with Crippen LogP contribution in [-0.4, -0.2) is 33.9 Å². The molecular weight excluding hydrogens is 439 g/mol. The van der Waals surface area contributed by atoms with E-state index in [0.29, 0.717) is 6.54 Å². The quantitative estimate of drug-likeness (QED) is 0.335. The Labute approximate surface area is 171 Å². The highest BCUT2D eigenvalue weighted by molar-refractivity contribution is 14.0. The standard InChI is InChI=1S/C19H24N6.HI/c1-16-9-13-25(23-16)18-8-4-3-7-17(18)15-22-19(20-2)21-10-14-24-11-5-6-12-24;/h3-9,11-13H,10,14-15H2,1-2H3,(H2,20,21,22);1H. The molecule has 1 aromatic carbocycles. The van der Waals surface area contributed by atoms with Gasteiger partial charge in [0.15, 0.2) is 5.96 Å². The van der Waals surface area contributed by atoms with Gasteiger partial charge in [-0.3, -0.25) is 4.99 Å². The molecule has 0 saturated carbocycles. The maximum atomic E-state index is 4.51. The van der Waals surface area contributed by atoms with Gasteiger partial charge >= 0.3 is 0 Å². The minimum absolute atomic E-state index is 0. The van der Waals surface area contributed by atoms with Crippen molar-refractivity contribution in [3.05, 3.63) is 72.3 Å². The van der Waals surface area contributed by atoms with E-state index in [1.165, 1.54) is 5.56 Å². The summed E-state index contributed by atoms with van der Waals surface area (Å²) in [5.41, 5.74) is 3.25. The van der Waals surface area contributed by atoms with Gasteiger partial charge in [0, 0.05) is 45.3 Å². The zero-order valence-corrected chi connectivity index (χ0v) is 17.4. The predicted octanol–water partition coefficient (Wildman–Crippen LogP) is 2.97. The number of para-hydroxylation sites is 1. The Morgan fingerprint density at radius 2 is 1.81 bits per heavy atom. The molecule has 0 aliphatic rings. The van der Waals surface area contributed by atoms with Crippen molar-refractivity contribution in [1.29, 1.82) is 0 Å². The van der Waals surface area contributed by atoms with Crippen molar-refractivity contribution in [2.24, 2.45) is 4.99 Å². The Bertz CT molecular complexity index is 822. The molecule has 0 saturated heterocycles. The van der Waals surface area contributed by atoms with Crippen LogP contribution in [0.1, 0.15) is 11.3 Å². The summed E-state index contributed by atoms with van der Waals surface area (Å²) in [5, 5.41) is 11.2. The zero-order valence-electron chi connectivity index (χ0n) is 15.1. The first-order chi connectivity index (χ1) is 12.3. The maximum Gasteiger partial charge on any atom is 0.191 e. The number of nitrogens with one attached hydrogen (secondary N) is 2. The second-order valence-electron chi connectivity index (χ2n) is 5.80. The van der Waals surface area contributed by atoms with E-state index in [9.17, 15) is 0 Å². The number of aryl methyl sites for hydroxylation is 1. The van der Waals surface area contributed by atoms with Crippen LogP contribution in [0.3, 0.4) is 0 Å². The van der Waals surface area contributed by atoms with Crippen LogP contribution < -0.4 is 10.6 Å². The minimum Gasteiger partial charge on any atom is -0.355 e. The highest BCUT2D eigenvalue weighted by Crippen LogP contribution is 2.13. The average Bonchev–Trinajstić information content (AvgIpc) is 3.30. The number of guanidine groups is 1. The summed E-state index contributed by atoms with van der Waals surface area (Å²) in [6, 6.07) is 14.3. The van der Waals surface area contributed by atoms with E-state index in [0.717, 1.165) is 30.4 Å². The molecule has 3 rings (SSSR count). The van der Waals surface area contributed by atoms with Crippen molar-refractivity contribution < 1.29 is 0 Å². The summed E-state index contributed by atoms with van der Waals surface area (Å²) in [6.45, 7) is 4.39. The smallest absolute Gasteiger partial charge is 0.191 e. The van der Waals surface area contributed by atoms with E-state index in [2.05, 4.69) is 49.8 Å².